The van der Waals surface area contributed by atoms with Gasteiger partial charge in [0, 0.05) is 12.5 Å². The summed E-state index contributed by atoms with van der Waals surface area (Å²) in [6, 6.07) is 13.4. The number of aryl methyl sites for hydroxylation is 1. The van der Waals surface area contributed by atoms with Crippen molar-refractivity contribution in [1.29, 1.82) is 0 Å². The lowest BCUT2D eigenvalue weighted by molar-refractivity contribution is -0.118. The fourth-order valence-corrected chi connectivity index (χ4v) is 4.09. The van der Waals surface area contributed by atoms with Gasteiger partial charge in [0.05, 0.1) is 17.9 Å². The van der Waals surface area contributed by atoms with Gasteiger partial charge in [-0.1, -0.05) is 42.4 Å². The highest BCUT2D eigenvalue weighted by Gasteiger charge is 2.36. The largest absolute Gasteiger partial charge is 0.493 e. The number of hydrogen-bond acceptors (Lipinski definition) is 7. The molecule has 1 amide bonds. The van der Waals surface area contributed by atoms with Gasteiger partial charge >= 0.3 is 0 Å². The average Bonchev–Trinajstić information content (AvgIpc) is 2.88. The second-order valence-electron chi connectivity index (χ2n) is 7.03. The highest BCUT2D eigenvalue weighted by Crippen LogP contribution is 2.45. The summed E-state index contributed by atoms with van der Waals surface area (Å²) >= 11 is 1.48. The number of hydrogen-bond donors (Lipinski definition) is 0. The highest BCUT2D eigenvalue weighted by atomic mass is 32.2. The lowest BCUT2D eigenvalue weighted by Crippen LogP contribution is -2.36. The number of anilines is 1. The molecule has 0 radical (unpaired) electrons. The second kappa shape index (κ2) is 8.93. The summed E-state index contributed by atoms with van der Waals surface area (Å²) in [5.74, 6) is 1.65. The fourth-order valence-electron chi connectivity index (χ4n) is 3.58. The molecule has 7 nitrogen and oxygen atoms in total. The molecule has 2 heterocycles. The zero-order valence-corrected chi connectivity index (χ0v) is 18.8. The maximum Gasteiger partial charge on any atom is 0.247 e. The number of carbonyl (C=O) groups excluding carboxylic acids is 1. The van der Waals surface area contributed by atoms with Gasteiger partial charge in [-0.3, -0.25) is 9.69 Å². The van der Waals surface area contributed by atoms with E-state index >= 15 is 0 Å². The van der Waals surface area contributed by atoms with E-state index in [1.54, 1.807) is 4.90 Å². The predicted octanol–water partition coefficient (Wildman–Crippen LogP) is 4.80. The predicted molar refractivity (Wildman–Crippen MR) is 121 cm³/mol. The molecule has 3 aromatic rings. The molecule has 31 heavy (non-hydrogen) atoms. The van der Waals surface area contributed by atoms with Gasteiger partial charge in [-0.2, -0.15) is 4.98 Å². The molecule has 0 unspecified atom stereocenters. The molecule has 0 N–H and O–H groups in total. The van der Waals surface area contributed by atoms with Crippen LogP contribution in [0, 0.1) is 6.92 Å². The number of nitrogens with zero attached hydrogens (tertiary/aromatic N) is 4. The van der Waals surface area contributed by atoms with Crippen LogP contribution in [0.5, 0.6) is 11.6 Å². The molecule has 0 spiro atoms. The van der Waals surface area contributed by atoms with Crippen molar-refractivity contribution in [2.75, 3.05) is 17.3 Å². The third-order valence-electron chi connectivity index (χ3n) is 4.86. The first-order valence-electron chi connectivity index (χ1n) is 10.2. The minimum atomic E-state index is -0.765. The summed E-state index contributed by atoms with van der Waals surface area (Å²) in [4.78, 5) is 19.2. The zero-order valence-electron chi connectivity index (χ0n) is 18.0. The van der Waals surface area contributed by atoms with Gasteiger partial charge < -0.3 is 9.47 Å². The van der Waals surface area contributed by atoms with Crippen LogP contribution in [-0.4, -0.2) is 33.4 Å². The highest BCUT2D eigenvalue weighted by molar-refractivity contribution is 7.99. The molecule has 1 aliphatic rings. The van der Waals surface area contributed by atoms with Crippen LogP contribution < -0.4 is 14.4 Å². The summed E-state index contributed by atoms with van der Waals surface area (Å²) in [6.07, 6.45) is -0.765. The third kappa shape index (κ3) is 4.07. The van der Waals surface area contributed by atoms with Crippen LogP contribution in [0.2, 0.25) is 0 Å². The summed E-state index contributed by atoms with van der Waals surface area (Å²) < 4.78 is 12.3. The third-order valence-corrected chi connectivity index (χ3v) is 5.58. The number of rotatable bonds is 5. The van der Waals surface area contributed by atoms with Crippen LogP contribution in [-0.2, 0) is 4.79 Å². The van der Waals surface area contributed by atoms with E-state index in [9.17, 15) is 4.79 Å². The number of aromatic nitrogens is 3. The summed E-state index contributed by atoms with van der Waals surface area (Å²) in [5, 5.41) is 9.22. The Bertz CT molecular complexity index is 1120. The minimum Gasteiger partial charge on any atom is -0.493 e. The van der Waals surface area contributed by atoms with Gasteiger partial charge in [0.25, 0.3) is 0 Å². The van der Waals surface area contributed by atoms with E-state index in [2.05, 4.69) is 15.2 Å². The molecule has 0 bridgehead atoms. The Morgan fingerprint density at radius 1 is 1.19 bits per heavy atom. The van der Waals surface area contributed by atoms with Crippen LogP contribution in [0.15, 0.2) is 47.6 Å². The van der Waals surface area contributed by atoms with Crippen molar-refractivity contribution in [3.63, 3.8) is 0 Å². The standard InChI is InChI=1S/C23H24N4O3S/c1-5-29-19-10-8-7-9-16(19)22-27(15(4)28)18-12-11-14(3)13-17(18)20-21(30-22)24-23(26-25-20)31-6-2/h7-13,22H,5-6H2,1-4H3/t22-/m0/s1. The van der Waals surface area contributed by atoms with E-state index in [1.165, 1.54) is 18.7 Å². The summed E-state index contributed by atoms with van der Waals surface area (Å²) in [7, 11) is 0. The van der Waals surface area contributed by atoms with E-state index in [-0.39, 0.29) is 5.91 Å². The Morgan fingerprint density at radius 3 is 2.74 bits per heavy atom. The second-order valence-corrected chi connectivity index (χ2v) is 8.26. The van der Waals surface area contributed by atoms with Gasteiger partial charge in [-0.15, -0.1) is 10.2 Å². The molecule has 2 aromatic carbocycles. The van der Waals surface area contributed by atoms with Crippen LogP contribution >= 0.6 is 11.8 Å². The first kappa shape index (κ1) is 21.1. The Labute approximate surface area is 185 Å². The lowest BCUT2D eigenvalue weighted by atomic mass is 10.0. The Hall–Kier alpha value is -3.13. The smallest absolute Gasteiger partial charge is 0.247 e. The molecule has 0 saturated carbocycles. The van der Waals surface area contributed by atoms with E-state index in [0.29, 0.717) is 34.8 Å². The van der Waals surface area contributed by atoms with Crippen molar-refractivity contribution in [3.05, 3.63) is 53.6 Å². The van der Waals surface area contributed by atoms with Gasteiger partial charge in [-0.05, 0) is 43.9 Å². The quantitative estimate of drug-likeness (QED) is 0.532. The van der Waals surface area contributed by atoms with Crippen molar-refractivity contribution in [2.45, 2.75) is 39.1 Å². The molecular weight excluding hydrogens is 412 g/mol. The maximum absolute atomic E-state index is 12.9. The van der Waals surface area contributed by atoms with Gasteiger partial charge in [0.1, 0.15) is 5.75 Å². The van der Waals surface area contributed by atoms with Crippen LogP contribution in [0.1, 0.15) is 38.1 Å². The molecule has 1 atom stereocenters. The fraction of sp³-hybridized carbons (Fsp3) is 0.304. The number of carbonyl (C=O) groups is 1. The molecule has 1 aliphatic heterocycles. The number of amides is 1. The maximum atomic E-state index is 12.9. The van der Waals surface area contributed by atoms with Crippen molar-refractivity contribution in [2.24, 2.45) is 0 Å². The normalized spacial score (nSPS) is 14.8. The molecular formula is C23H24N4O3S. The summed E-state index contributed by atoms with van der Waals surface area (Å²) in [5.41, 5.74) is 3.74. The van der Waals surface area contributed by atoms with E-state index in [0.717, 1.165) is 22.4 Å². The Morgan fingerprint density at radius 2 is 2.00 bits per heavy atom. The van der Waals surface area contributed by atoms with Crippen LogP contribution in [0.3, 0.4) is 0 Å². The number of benzene rings is 2. The van der Waals surface area contributed by atoms with Crippen molar-refractivity contribution < 1.29 is 14.3 Å². The monoisotopic (exact) mass is 436 g/mol. The molecule has 0 aliphatic carbocycles. The number of fused-ring (bicyclic) bond motifs is 3. The molecule has 8 heteroatoms. The van der Waals surface area contributed by atoms with Gasteiger partial charge in [0.2, 0.25) is 23.2 Å². The molecule has 160 valence electrons. The van der Waals surface area contributed by atoms with Crippen LogP contribution in [0.25, 0.3) is 11.3 Å². The van der Waals surface area contributed by atoms with Gasteiger partial charge in [0.15, 0.2) is 5.69 Å². The van der Waals surface area contributed by atoms with Crippen molar-refractivity contribution >= 4 is 23.4 Å². The lowest BCUT2D eigenvalue weighted by Gasteiger charge is -2.30. The molecule has 4 rings (SSSR count). The Kier molecular flexibility index (Phi) is 6.08. The first-order chi connectivity index (χ1) is 15.0. The van der Waals surface area contributed by atoms with E-state index in [1.807, 2.05) is 63.2 Å². The first-order valence-corrected chi connectivity index (χ1v) is 11.2. The van der Waals surface area contributed by atoms with Crippen molar-refractivity contribution in [1.82, 2.24) is 15.2 Å². The SMILES string of the molecule is CCOc1ccccc1[C@@H]1Oc2nc(SCC)nnc2-c2cc(C)ccc2N1C(C)=O. The van der Waals surface area contributed by atoms with E-state index in [4.69, 9.17) is 9.47 Å². The number of thioether (sulfide) groups is 1. The van der Waals surface area contributed by atoms with Crippen LogP contribution in [0.4, 0.5) is 5.69 Å². The molecule has 0 saturated heterocycles. The summed E-state index contributed by atoms with van der Waals surface area (Å²) in [6.45, 7) is 7.96. The minimum absolute atomic E-state index is 0.162. The van der Waals surface area contributed by atoms with E-state index < -0.39 is 6.23 Å². The zero-order chi connectivity index (χ0) is 22.0. The molecule has 1 aromatic heterocycles. The topological polar surface area (TPSA) is 77.4 Å². The van der Waals surface area contributed by atoms with Gasteiger partial charge in [-0.25, -0.2) is 0 Å². The average molecular weight is 437 g/mol. The Balaban J connectivity index is 1.97. The number of ether oxygens (including phenoxy) is 2. The molecule has 0 fully saturated rings. The van der Waals surface area contributed by atoms with Crippen molar-refractivity contribution in [3.8, 4) is 22.9 Å². The number of para-hydroxylation sites is 1.